The molecule has 0 aliphatic carbocycles. The van der Waals surface area contributed by atoms with E-state index in [9.17, 15) is 4.79 Å². The van der Waals surface area contributed by atoms with Crippen molar-refractivity contribution in [2.24, 2.45) is 0 Å². The number of para-hydroxylation sites is 1. The monoisotopic (exact) mass is 292 g/mol. The third-order valence-electron chi connectivity index (χ3n) is 3.56. The summed E-state index contributed by atoms with van der Waals surface area (Å²) < 4.78 is 11.1. The summed E-state index contributed by atoms with van der Waals surface area (Å²) in [5, 5.41) is 0. The predicted octanol–water partition coefficient (Wildman–Crippen LogP) is 3.41. The van der Waals surface area contributed by atoms with Gasteiger partial charge in [0.2, 0.25) is 0 Å². The molecule has 1 aliphatic rings. The highest BCUT2D eigenvalue weighted by Gasteiger charge is 2.19. The molecule has 3 heteroatoms. The maximum atomic E-state index is 12.3. The molecule has 3 rings (SSSR count). The van der Waals surface area contributed by atoms with Crippen molar-refractivity contribution in [1.82, 2.24) is 0 Å². The fourth-order valence-electron chi connectivity index (χ4n) is 2.58. The summed E-state index contributed by atoms with van der Waals surface area (Å²) in [4.78, 5) is 12.3. The number of fused-ring (bicyclic) bond motifs is 1. The first-order valence-electron chi connectivity index (χ1n) is 7.27. The van der Waals surface area contributed by atoms with Crippen LogP contribution in [0.5, 0.6) is 11.5 Å². The van der Waals surface area contributed by atoms with Crippen LogP contribution in [0.15, 0.2) is 42.5 Å². The molecule has 0 amide bonds. The second-order valence-corrected chi connectivity index (χ2v) is 5.16. The Morgan fingerprint density at radius 2 is 2.09 bits per heavy atom. The Bertz CT molecular complexity index is 726. The number of hydrogen-bond acceptors (Lipinski definition) is 3. The zero-order valence-electron chi connectivity index (χ0n) is 12.2. The minimum atomic E-state index is -0.377. The first kappa shape index (κ1) is 14.2. The summed E-state index contributed by atoms with van der Waals surface area (Å²) in [6.07, 6.45) is 7.69. The lowest BCUT2D eigenvalue weighted by Crippen LogP contribution is -2.14. The number of benzene rings is 2. The van der Waals surface area contributed by atoms with Gasteiger partial charge in [0, 0.05) is 12.0 Å². The van der Waals surface area contributed by atoms with Crippen LogP contribution in [0.2, 0.25) is 0 Å². The first-order valence-corrected chi connectivity index (χ1v) is 7.27. The van der Waals surface area contributed by atoms with Crippen LogP contribution in [-0.4, -0.2) is 12.6 Å². The highest BCUT2D eigenvalue weighted by atomic mass is 16.5. The van der Waals surface area contributed by atoms with E-state index in [-0.39, 0.29) is 5.97 Å². The molecule has 1 aliphatic heterocycles. The topological polar surface area (TPSA) is 35.5 Å². The van der Waals surface area contributed by atoms with Crippen LogP contribution in [0, 0.1) is 12.3 Å². The van der Waals surface area contributed by atoms with Gasteiger partial charge in [-0.25, -0.2) is 4.79 Å². The van der Waals surface area contributed by atoms with Crippen LogP contribution in [0.4, 0.5) is 0 Å². The van der Waals surface area contributed by atoms with Gasteiger partial charge in [-0.2, -0.15) is 0 Å². The Kier molecular flexibility index (Phi) is 4.11. The summed E-state index contributed by atoms with van der Waals surface area (Å²) in [6.45, 7) is 0.693. The smallest absolute Gasteiger partial charge is 0.343 e. The van der Waals surface area contributed by atoms with E-state index in [0.717, 1.165) is 29.7 Å². The van der Waals surface area contributed by atoms with Gasteiger partial charge in [-0.3, -0.25) is 0 Å². The third-order valence-corrected chi connectivity index (χ3v) is 3.56. The standard InChI is InChI=1S/C19H16O3/c1-2-7-14-12-16(13-15-8-6-11-21-18(14)15)19(20)22-17-9-4-3-5-10-17/h1,3-5,9-10,12-13H,6-8,11H2. The third kappa shape index (κ3) is 2.96. The molecule has 0 radical (unpaired) electrons. The summed E-state index contributed by atoms with van der Waals surface area (Å²) in [6, 6.07) is 12.7. The SMILES string of the molecule is C#CCc1cc(C(=O)Oc2ccccc2)cc2c1OCCC2. The zero-order valence-corrected chi connectivity index (χ0v) is 12.2. The van der Waals surface area contributed by atoms with Gasteiger partial charge in [0.05, 0.1) is 12.2 Å². The van der Waals surface area contributed by atoms with Gasteiger partial charge in [0.25, 0.3) is 0 Å². The van der Waals surface area contributed by atoms with E-state index in [1.54, 1.807) is 18.2 Å². The van der Waals surface area contributed by atoms with Crippen molar-refractivity contribution in [1.29, 1.82) is 0 Å². The van der Waals surface area contributed by atoms with Gasteiger partial charge in [-0.15, -0.1) is 12.3 Å². The molecule has 0 fully saturated rings. The number of rotatable bonds is 3. The second-order valence-electron chi connectivity index (χ2n) is 5.16. The molecule has 0 spiro atoms. The van der Waals surface area contributed by atoms with Crippen molar-refractivity contribution in [2.75, 3.05) is 6.61 Å². The molecule has 110 valence electrons. The average Bonchev–Trinajstić information content (AvgIpc) is 2.56. The van der Waals surface area contributed by atoms with E-state index in [2.05, 4.69) is 5.92 Å². The molecule has 0 aromatic heterocycles. The Morgan fingerprint density at radius 3 is 2.86 bits per heavy atom. The quantitative estimate of drug-likeness (QED) is 0.494. The van der Waals surface area contributed by atoms with Gasteiger partial charge in [0.15, 0.2) is 0 Å². The number of terminal acetylenes is 1. The van der Waals surface area contributed by atoms with Crippen molar-refractivity contribution in [3.8, 4) is 23.8 Å². The van der Waals surface area contributed by atoms with E-state index in [4.69, 9.17) is 15.9 Å². The molecule has 0 N–H and O–H groups in total. The van der Waals surface area contributed by atoms with Crippen molar-refractivity contribution in [3.05, 3.63) is 59.2 Å². The molecule has 0 saturated heterocycles. The van der Waals surface area contributed by atoms with Crippen LogP contribution in [-0.2, 0) is 12.8 Å². The van der Waals surface area contributed by atoms with E-state index in [0.29, 0.717) is 24.3 Å². The molecular formula is C19H16O3. The Hall–Kier alpha value is -2.73. The van der Waals surface area contributed by atoms with E-state index in [1.807, 2.05) is 24.3 Å². The lowest BCUT2D eigenvalue weighted by Gasteiger charge is -2.20. The van der Waals surface area contributed by atoms with Gasteiger partial charge < -0.3 is 9.47 Å². The number of aryl methyl sites for hydroxylation is 1. The molecule has 1 heterocycles. The largest absolute Gasteiger partial charge is 0.493 e. The first-order chi connectivity index (χ1) is 10.8. The highest BCUT2D eigenvalue weighted by molar-refractivity contribution is 5.92. The molecule has 2 aromatic rings. The predicted molar refractivity (Wildman–Crippen MR) is 84.2 cm³/mol. The molecule has 3 nitrogen and oxygen atoms in total. The molecular weight excluding hydrogens is 276 g/mol. The number of carbonyl (C=O) groups is 1. The molecule has 2 aromatic carbocycles. The Morgan fingerprint density at radius 1 is 1.27 bits per heavy atom. The van der Waals surface area contributed by atoms with Crippen LogP contribution in [0.1, 0.15) is 27.9 Å². The van der Waals surface area contributed by atoms with Gasteiger partial charge in [0.1, 0.15) is 11.5 Å². The van der Waals surface area contributed by atoms with Gasteiger partial charge in [-0.05, 0) is 42.7 Å². The maximum absolute atomic E-state index is 12.3. The maximum Gasteiger partial charge on any atom is 0.343 e. The molecule has 0 bridgehead atoms. The van der Waals surface area contributed by atoms with Crippen LogP contribution in [0.3, 0.4) is 0 Å². The van der Waals surface area contributed by atoms with Crippen molar-refractivity contribution in [2.45, 2.75) is 19.3 Å². The number of carbonyl (C=O) groups excluding carboxylic acids is 1. The number of hydrogen-bond donors (Lipinski definition) is 0. The summed E-state index contributed by atoms with van der Waals surface area (Å²) in [5.41, 5.74) is 2.41. The Labute approximate surface area is 129 Å². The average molecular weight is 292 g/mol. The summed E-state index contributed by atoms with van der Waals surface area (Å²) in [7, 11) is 0. The fourth-order valence-corrected chi connectivity index (χ4v) is 2.58. The minimum Gasteiger partial charge on any atom is -0.493 e. The van der Waals surface area contributed by atoms with Crippen LogP contribution >= 0.6 is 0 Å². The molecule has 0 saturated carbocycles. The molecule has 0 atom stereocenters. The summed E-state index contributed by atoms with van der Waals surface area (Å²) >= 11 is 0. The Balaban J connectivity index is 1.91. The van der Waals surface area contributed by atoms with E-state index >= 15 is 0 Å². The van der Waals surface area contributed by atoms with Crippen molar-refractivity contribution < 1.29 is 14.3 Å². The van der Waals surface area contributed by atoms with E-state index in [1.165, 1.54) is 0 Å². The fraction of sp³-hybridized carbons (Fsp3) is 0.211. The van der Waals surface area contributed by atoms with E-state index < -0.39 is 0 Å². The lowest BCUT2D eigenvalue weighted by molar-refractivity contribution is 0.0734. The summed E-state index contributed by atoms with van der Waals surface area (Å²) in [5.74, 6) is 3.60. The van der Waals surface area contributed by atoms with Crippen molar-refractivity contribution in [3.63, 3.8) is 0 Å². The minimum absolute atomic E-state index is 0.377. The van der Waals surface area contributed by atoms with Crippen LogP contribution in [0.25, 0.3) is 0 Å². The molecule has 22 heavy (non-hydrogen) atoms. The zero-order chi connectivity index (χ0) is 15.4. The van der Waals surface area contributed by atoms with Gasteiger partial charge >= 0.3 is 5.97 Å². The van der Waals surface area contributed by atoms with Crippen LogP contribution < -0.4 is 9.47 Å². The normalized spacial score (nSPS) is 12.7. The lowest BCUT2D eigenvalue weighted by atomic mass is 9.97. The number of ether oxygens (including phenoxy) is 2. The number of esters is 1. The van der Waals surface area contributed by atoms with Crippen molar-refractivity contribution >= 4 is 5.97 Å². The highest BCUT2D eigenvalue weighted by Crippen LogP contribution is 2.31. The van der Waals surface area contributed by atoms with Gasteiger partial charge in [-0.1, -0.05) is 18.2 Å². The second kappa shape index (κ2) is 6.36. The molecule has 0 unspecified atom stereocenters.